The van der Waals surface area contributed by atoms with Crippen LogP contribution >= 0.6 is 11.6 Å². The largest absolute Gasteiger partial charge is 0.457 e. The van der Waals surface area contributed by atoms with Crippen LogP contribution in [0.1, 0.15) is 16.1 Å². The number of benzene rings is 2. The maximum Gasteiger partial charge on any atom is 0.379 e. The second kappa shape index (κ2) is 7.48. The molecule has 0 radical (unpaired) electrons. The number of carbonyl (C=O) groups excluding carboxylic acids is 1. The van der Waals surface area contributed by atoms with E-state index in [1.54, 1.807) is 48.7 Å². The number of carbonyl (C=O) groups is 1. The summed E-state index contributed by atoms with van der Waals surface area (Å²) in [4.78, 5) is 11.8. The Morgan fingerprint density at radius 2 is 2.00 bits per heavy atom. The summed E-state index contributed by atoms with van der Waals surface area (Å²) in [6.45, 7) is 0. The summed E-state index contributed by atoms with van der Waals surface area (Å²) in [5.41, 5.74) is 4.43. The molecule has 1 heterocycles. The molecule has 0 amide bonds. The fourth-order valence-electron chi connectivity index (χ4n) is 1.95. The highest BCUT2D eigenvalue weighted by molar-refractivity contribution is 6.30. The second-order valence-electron chi connectivity index (χ2n) is 4.82. The van der Waals surface area contributed by atoms with E-state index in [1.165, 1.54) is 6.26 Å². The maximum absolute atomic E-state index is 11.8. The van der Waals surface area contributed by atoms with E-state index in [9.17, 15) is 4.79 Å². The number of rotatable bonds is 5. The van der Waals surface area contributed by atoms with E-state index < -0.39 is 5.97 Å². The van der Waals surface area contributed by atoms with Gasteiger partial charge in [0.05, 0.1) is 18.2 Å². The summed E-state index contributed by atoms with van der Waals surface area (Å²) in [5, 5.41) is 4.76. The zero-order valence-electron chi connectivity index (χ0n) is 12.5. The number of hydrogen-bond acceptors (Lipinski definition) is 5. The quantitative estimate of drug-likeness (QED) is 0.319. The smallest absolute Gasteiger partial charge is 0.379 e. The number of anilines is 1. The van der Waals surface area contributed by atoms with E-state index >= 15 is 0 Å². The molecule has 5 nitrogen and oxygen atoms in total. The van der Waals surface area contributed by atoms with Crippen molar-refractivity contribution < 1.29 is 13.9 Å². The van der Waals surface area contributed by atoms with Crippen molar-refractivity contribution in [2.75, 3.05) is 5.43 Å². The summed E-state index contributed by atoms with van der Waals surface area (Å²) >= 11 is 5.90. The van der Waals surface area contributed by atoms with Crippen molar-refractivity contribution >= 4 is 29.5 Å². The van der Waals surface area contributed by atoms with Crippen molar-refractivity contribution in [2.45, 2.75) is 0 Å². The Balaban J connectivity index is 1.64. The maximum atomic E-state index is 11.8. The molecule has 6 heteroatoms. The van der Waals surface area contributed by atoms with E-state index in [4.69, 9.17) is 20.8 Å². The van der Waals surface area contributed by atoms with Gasteiger partial charge in [-0.2, -0.15) is 5.10 Å². The Kier molecular flexibility index (Phi) is 4.93. The van der Waals surface area contributed by atoms with Crippen LogP contribution in [0.5, 0.6) is 5.75 Å². The molecule has 0 saturated carbocycles. The first-order chi connectivity index (χ1) is 11.7. The van der Waals surface area contributed by atoms with Crippen molar-refractivity contribution in [3.63, 3.8) is 0 Å². The normalized spacial score (nSPS) is 10.7. The van der Waals surface area contributed by atoms with Crippen molar-refractivity contribution in [1.82, 2.24) is 0 Å². The summed E-state index contributed by atoms with van der Waals surface area (Å²) in [7, 11) is 0. The van der Waals surface area contributed by atoms with E-state index in [0.717, 1.165) is 11.3 Å². The van der Waals surface area contributed by atoms with Crippen LogP contribution in [-0.4, -0.2) is 12.2 Å². The average Bonchev–Trinajstić information content (AvgIpc) is 3.10. The Morgan fingerprint density at radius 3 is 2.79 bits per heavy atom. The molecule has 0 saturated heterocycles. The van der Waals surface area contributed by atoms with Gasteiger partial charge in [0.1, 0.15) is 5.75 Å². The Bertz CT molecular complexity index is 860. The molecule has 0 fully saturated rings. The van der Waals surface area contributed by atoms with E-state index in [-0.39, 0.29) is 5.76 Å². The molecule has 3 aromatic rings. The molecule has 1 N–H and O–H groups in total. The summed E-state index contributed by atoms with van der Waals surface area (Å²) in [6.07, 6.45) is 3.03. The van der Waals surface area contributed by atoms with Crippen LogP contribution < -0.4 is 10.2 Å². The lowest BCUT2D eigenvalue weighted by atomic mass is 10.2. The number of ether oxygens (including phenoxy) is 1. The number of hydrogen-bond donors (Lipinski definition) is 1. The standard InChI is InChI=1S/C18H13ClN2O3/c19-14-5-2-6-15(11-14)21-20-12-13-4-1-7-16(10-13)24-18(22)17-8-3-9-23-17/h1-12,21H. The molecule has 0 unspecified atom stereocenters. The number of halogens is 1. The van der Waals surface area contributed by atoms with Crippen LogP contribution in [0.2, 0.25) is 5.02 Å². The van der Waals surface area contributed by atoms with Gasteiger partial charge in [0.25, 0.3) is 0 Å². The van der Waals surface area contributed by atoms with Crippen molar-refractivity contribution in [3.05, 3.63) is 83.3 Å². The van der Waals surface area contributed by atoms with Gasteiger partial charge in [-0.15, -0.1) is 0 Å². The molecule has 0 atom stereocenters. The zero-order valence-corrected chi connectivity index (χ0v) is 13.2. The summed E-state index contributed by atoms with van der Waals surface area (Å²) in [6, 6.07) is 17.4. The van der Waals surface area contributed by atoms with Crippen molar-refractivity contribution in [3.8, 4) is 5.75 Å². The molecule has 0 aliphatic carbocycles. The minimum absolute atomic E-state index is 0.150. The fraction of sp³-hybridized carbons (Fsp3) is 0. The Morgan fingerprint density at radius 1 is 1.12 bits per heavy atom. The number of furan rings is 1. The van der Waals surface area contributed by atoms with E-state index in [1.807, 2.05) is 18.2 Å². The molecule has 3 rings (SSSR count). The molecular formula is C18H13ClN2O3. The average molecular weight is 341 g/mol. The highest BCUT2D eigenvalue weighted by Crippen LogP contribution is 2.16. The molecule has 0 aliphatic heterocycles. The third kappa shape index (κ3) is 4.24. The first-order valence-electron chi connectivity index (χ1n) is 7.11. The lowest BCUT2D eigenvalue weighted by Gasteiger charge is -2.03. The van der Waals surface area contributed by atoms with Gasteiger partial charge in [-0.1, -0.05) is 29.8 Å². The predicted molar refractivity (Wildman–Crippen MR) is 92.8 cm³/mol. The van der Waals surface area contributed by atoms with Gasteiger partial charge in [0.2, 0.25) is 5.76 Å². The fourth-order valence-corrected chi connectivity index (χ4v) is 2.14. The Labute approximate surface area is 143 Å². The minimum Gasteiger partial charge on any atom is -0.457 e. The first kappa shape index (κ1) is 15.8. The van der Waals surface area contributed by atoms with Crippen LogP contribution in [0.4, 0.5) is 5.69 Å². The van der Waals surface area contributed by atoms with Gasteiger partial charge in [-0.25, -0.2) is 4.79 Å². The third-order valence-corrected chi connectivity index (χ3v) is 3.26. The lowest BCUT2D eigenvalue weighted by Crippen LogP contribution is -2.07. The Hall–Kier alpha value is -3.05. The third-order valence-electron chi connectivity index (χ3n) is 3.02. The predicted octanol–water partition coefficient (Wildman–Crippen LogP) is 4.60. The molecule has 120 valence electrons. The number of nitrogens with zero attached hydrogens (tertiary/aromatic N) is 1. The molecule has 0 bridgehead atoms. The molecular weight excluding hydrogens is 328 g/mol. The van der Waals surface area contributed by atoms with Crippen molar-refractivity contribution in [2.24, 2.45) is 5.10 Å². The highest BCUT2D eigenvalue weighted by atomic mass is 35.5. The first-order valence-corrected chi connectivity index (χ1v) is 7.49. The van der Waals surface area contributed by atoms with Gasteiger partial charge in [0.15, 0.2) is 0 Å². The van der Waals surface area contributed by atoms with Gasteiger partial charge < -0.3 is 9.15 Å². The number of hydrazone groups is 1. The van der Waals surface area contributed by atoms with Gasteiger partial charge in [-0.3, -0.25) is 5.43 Å². The van der Waals surface area contributed by atoms with Crippen LogP contribution in [0.15, 0.2) is 76.4 Å². The second-order valence-corrected chi connectivity index (χ2v) is 5.26. The van der Waals surface area contributed by atoms with Crippen LogP contribution in [0.25, 0.3) is 0 Å². The molecule has 2 aromatic carbocycles. The van der Waals surface area contributed by atoms with Gasteiger partial charge in [-0.05, 0) is 48.0 Å². The zero-order chi connectivity index (χ0) is 16.8. The van der Waals surface area contributed by atoms with E-state index in [0.29, 0.717) is 10.8 Å². The lowest BCUT2D eigenvalue weighted by molar-refractivity contribution is 0.0701. The van der Waals surface area contributed by atoms with Crippen LogP contribution in [0, 0.1) is 0 Å². The molecule has 0 spiro atoms. The summed E-state index contributed by atoms with van der Waals surface area (Å²) in [5.74, 6) is 0.00550. The van der Waals surface area contributed by atoms with Crippen LogP contribution in [0.3, 0.4) is 0 Å². The monoisotopic (exact) mass is 340 g/mol. The highest BCUT2D eigenvalue weighted by Gasteiger charge is 2.11. The molecule has 24 heavy (non-hydrogen) atoms. The van der Waals surface area contributed by atoms with Gasteiger partial charge in [0, 0.05) is 5.02 Å². The van der Waals surface area contributed by atoms with Crippen molar-refractivity contribution in [1.29, 1.82) is 0 Å². The van der Waals surface area contributed by atoms with Gasteiger partial charge >= 0.3 is 5.97 Å². The topological polar surface area (TPSA) is 63.8 Å². The number of nitrogens with one attached hydrogen (secondary N) is 1. The number of esters is 1. The minimum atomic E-state index is -0.550. The summed E-state index contributed by atoms with van der Waals surface area (Å²) < 4.78 is 10.2. The van der Waals surface area contributed by atoms with Crippen LogP contribution in [-0.2, 0) is 0 Å². The SMILES string of the molecule is O=C(Oc1cccc(C=NNc2cccc(Cl)c2)c1)c1ccco1. The van der Waals surface area contributed by atoms with E-state index in [2.05, 4.69) is 10.5 Å². The molecule has 1 aromatic heterocycles. The molecule has 0 aliphatic rings.